The Kier molecular flexibility index (Phi) is 3.93. The first kappa shape index (κ1) is 13.6. The second-order valence-electron chi connectivity index (χ2n) is 5.46. The number of ether oxygens (including phenoxy) is 1. The summed E-state index contributed by atoms with van der Waals surface area (Å²) in [6, 6.07) is 4.84. The number of nitro benzene ring substituents is 1. The van der Waals surface area contributed by atoms with E-state index in [4.69, 9.17) is 4.74 Å². The van der Waals surface area contributed by atoms with Crippen molar-refractivity contribution in [3.05, 3.63) is 28.3 Å². The Bertz CT molecular complexity index is 466. The molecule has 19 heavy (non-hydrogen) atoms. The summed E-state index contributed by atoms with van der Waals surface area (Å²) in [5, 5.41) is 10.8. The minimum Gasteiger partial charge on any atom is -0.494 e. The van der Waals surface area contributed by atoms with Crippen molar-refractivity contribution in [3.8, 4) is 5.75 Å². The van der Waals surface area contributed by atoms with Crippen LogP contribution >= 0.6 is 0 Å². The van der Waals surface area contributed by atoms with E-state index in [1.54, 1.807) is 19.2 Å². The number of nitrogens with zero attached hydrogens (tertiary/aromatic N) is 2. The van der Waals surface area contributed by atoms with Gasteiger partial charge in [-0.15, -0.1) is 0 Å². The number of methoxy groups -OCH3 is 1. The highest BCUT2D eigenvalue weighted by Crippen LogP contribution is 2.35. The van der Waals surface area contributed by atoms with Gasteiger partial charge in [-0.1, -0.05) is 13.8 Å². The molecule has 1 aromatic carbocycles. The van der Waals surface area contributed by atoms with Crippen LogP contribution in [0.3, 0.4) is 0 Å². The molecule has 5 heteroatoms. The highest BCUT2D eigenvalue weighted by molar-refractivity contribution is 5.62. The van der Waals surface area contributed by atoms with Crippen LogP contribution in [0, 0.1) is 22.0 Å². The molecule has 0 spiro atoms. The van der Waals surface area contributed by atoms with Gasteiger partial charge in [-0.25, -0.2) is 0 Å². The number of hydrogen-bond donors (Lipinski definition) is 0. The van der Waals surface area contributed by atoms with Crippen molar-refractivity contribution in [2.45, 2.75) is 20.3 Å². The molecule has 1 aromatic rings. The lowest BCUT2D eigenvalue weighted by Gasteiger charge is -2.37. The second-order valence-corrected chi connectivity index (χ2v) is 5.46. The number of rotatable bonds is 3. The van der Waals surface area contributed by atoms with E-state index >= 15 is 0 Å². The molecular weight excluding hydrogens is 244 g/mol. The molecule has 1 aliphatic rings. The van der Waals surface area contributed by atoms with Gasteiger partial charge in [0.1, 0.15) is 5.75 Å². The van der Waals surface area contributed by atoms with E-state index in [1.165, 1.54) is 12.5 Å². The van der Waals surface area contributed by atoms with Crippen molar-refractivity contribution < 1.29 is 9.66 Å². The van der Waals surface area contributed by atoms with Crippen LogP contribution in [0.25, 0.3) is 0 Å². The summed E-state index contributed by atoms with van der Waals surface area (Å²) in [4.78, 5) is 12.7. The lowest BCUT2D eigenvalue weighted by Crippen LogP contribution is -2.38. The summed E-state index contributed by atoms with van der Waals surface area (Å²) in [5.74, 6) is 1.84. The summed E-state index contributed by atoms with van der Waals surface area (Å²) >= 11 is 0. The van der Waals surface area contributed by atoms with Gasteiger partial charge >= 0.3 is 0 Å². The third-order valence-electron chi connectivity index (χ3n) is 3.58. The van der Waals surface area contributed by atoms with E-state index in [1.807, 2.05) is 0 Å². The van der Waals surface area contributed by atoms with Gasteiger partial charge in [-0.3, -0.25) is 10.1 Å². The van der Waals surface area contributed by atoms with Crippen LogP contribution in [0.5, 0.6) is 5.75 Å². The predicted octanol–water partition coefficient (Wildman–Crippen LogP) is 3.09. The Morgan fingerprint density at radius 1 is 1.32 bits per heavy atom. The first-order chi connectivity index (χ1) is 9.01. The Morgan fingerprint density at radius 3 is 2.47 bits per heavy atom. The SMILES string of the molecule is COc1cc([N+](=O)[O-])ccc1N1C[C@H](C)C[C@@H](C)C1. The highest BCUT2D eigenvalue weighted by Gasteiger charge is 2.24. The van der Waals surface area contributed by atoms with E-state index in [0.717, 1.165) is 18.8 Å². The Morgan fingerprint density at radius 2 is 1.95 bits per heavy atom. The Hall–Kier alpha value is -1.78. The number of benzene rings is 1. The fourth-order valence-corrected chi connectivity index (χ4v) is 2.90. The van der Waals surface area contributed by atoms with Crippen LogP contribution in [0.4, 0.5) is 11.4 Å². The number of non-ortho nitro benzene ring substituents is 1. The molecular formula is C14H20N2O3. The molecule has 0 bridgehead atoms. The minimum absolute atomic E-state index is 0.0682. The smallest absolute Gasteiger partial charge is 0.273 e. The third kappa shape index (κ3) is 2.97. The van der Waals surface area contributed by atoms with Crippen LogP contribution in [0.2, 0.25) is 0 Å². The number of hydrogen-bond acceptors (Lipinski definition) is 4. The zero-order valence-electron chi connectivity index (χ0n) is 11.6. The van der Waals surface area contributed by atoms with Crippen molar-refractivity contribution in [2.24, 2.45) is 11.8 Å². The lowest BCUT2D eigenvalue weighted by molar-refractivity contribution is -0.384. The monoisotopic (exact) mass is 264 g/mol. The molecule has 1 aliphatic heterocycles. The number of piperidine rings is 1. The zero-order chi connectivity index (χ0) is 14.0. The zero-order valence-corrected chi connectivity index (χ0v) is 11.6. The lowest BCUT2D eigenvalue weighted by atomic mass is 9.91. The third-order valence-corrected chi connectivity index (χ3v) is 3.58. The van der Waals surface area contributed by atoms with Gasteiger partial charge in [0.25, 0.3) is 5.69 Å². The first-order valence-electron chi connectivity index (χ1n) is 6.58. The van der Waals surface area contributed by atoms with E-state index in [9.17, 15) is 10.1 Å². The predicted molar refractivity (Wildman–Crippen MR) is 74.8 cm³/mol. The fraction of sp³-hybridized carbons (Fsp3) is 0.571. The molecule has 0 unspecified atom stereocenters. The molecule has 1 saturated heterocycles. The average molecular weight is 264 g/mol. The molecule has 2 rings (SSSR count). The molecule has 5 nitrogen and oxygen atoms in total. The van der Waals surface area contributed by atoms with Crippen molar-refractivity contribution in [2.75, 3.05) is 25.1 Å². The van der Waals surface area contributed by atoms with E-state index in [0.29, 0.717) is 17.6 Å². The quantitative estimate of drug-likeness (QED) is 0.622. The molecule has 2 atom stereocenters. The van der Waals surface area contributed by atoms with Crippen LogP contribution < -0.4 is 9.64 Å². The molecule has 0 saturated carbocycles. The number of anilines is 1. The molecule has 0 aliphatic carbocycles. The van der Waals surface area contributed by atoms with E-state index < -0.39 is 4.92 Å². The molecule has 0 radical (unpaired) electrons. The van der Waals surface area contributed by atoms with Gasteiger partial charge in [-0.05, 0) is 24.3 Å². The molecule has 0 aromatic heterocycles. The van der Waals surface area contributed by atoms with E-state index in [-0.39, 0.29) is 5.69 Å². The summed E-state index contributed by atoms with van der Waals surface area (Å²) < 4.78 is 5.31. The normalized spacial score (nSPS) is 23.2. The highest BCUT2D eigenvalue weighted by atomic mass is 16.6. The summed E-state index contributed by atoms with van der Waals surface area (Å²) in [7, 11) is 1.55. The van der Waals surface area contributed by atoms with Crippen molar-refractivity contribution in [1.29, 1.82) is 0 Å². The van der Waals surface area contributed by atoms with E-state index in [2.05, 4.69) is 18.7 Å². The Labute approximate surface area is 113 Å². The van der Waals surface area contributed by atoms with Gasteiger partial charge in [-0.2, -0.15) is 0 Å². The summed E-state index contributed by atoms with van der Waals surface area (Å²) in [6.07, 6.45) is 1.23. The van der Waals surface area contributed by atoms with Crippen LogP contribution in [0.15, 0.2) is 18.2 Å². The van der Waals surface area contributed by atoms with Crippen LogP contribution in [-0.4, -0.2) is 25.1 Å². The summed E-state index contributed by atoms with van der Waals surface area (Å²) in [5.41, 5.74) is 1.02. The van der Waals surface area contributed by atoms with Gasteiger partial charge in [0.05, 0.1) is 23.8 Å². The molecule has 104 valence electrons. The average Bonchev–Trinajstić information content (AvgIpc) is 2.36. The summed E-state index contributed by atoms with van der Waals surface area (Å²) in [6.45, 7) is 6.41. The standard InChI is InChI=1S/C14H20N2O3/c1-10-6-11(2)9-15(8-10)13-5-4-12(16(17)18)7-14(13)19-3/h4-5,7,10-11H,6,8-9H2,1-3H3/t10-,11-/m1/s1. The Balaban J connectivity index is 2.30. The van der Waals surface area contributed by atoms with Gasteiger partial charge in [0, 0.05) is 19.2 Å². The van der Waals surface area contributed by atoms with Crippen molar-refractivity contribution in [3.63, 3.8) is 0 Å². The maximum Gasteiger partial charge on any atom is 0.273 e. The topological polar surface area (TPSA) is 55.6 Å². The maximum absolute atomic E-state index is 10.8. The molecule has 0 amide bonds. The second kappa shape index (κ2) is 5.47. The maximum atomic E-state index is 10.8. The van der Waals surface area contributed by atoms with Crippen LogP contribution in [0.1, 0.15) is 20.3 Å². The van der Waals surface area contributed by atoms with Crippen molar-refractivity contribution in [1.82, 2.24) is 0 Å². The minimum atomic E-state index is -0.395. The van der Waals surface area contributed by atoms with Crippen molar-refractivity contribution >= 4 is 11.4 Å². The largest absolute Gasteiger partial charge is 0.494 e. The molecule has 1 heterocycles. The van der Waals surface area contributed by atoms with Gasteiger partial charge in [0.15, 0.2) is 0 Å². The molecule has 0 N–H and O–H groups in total. The number of nitro groups is 1. The first-order valence-corrected chi connectivity index (χ1v) is 6.58. The molecule has 1 fully saturated rings. The van der Waals surface area contributed by atoms with Gasteiger partial charge in [0.2, 0.25) is 0 Å². The fourth-order valence-electron chi connectivity index (χ4n) is 2.90. The van der Waals surface area contributed by atoms with Crippen LogP contribution in [-0.2, 0) is 0 Å². The van der Waals surface area contributed by atoms with Gasteiger partial charge < -0.3 is 9.64 Å².